The predicted octanol–water partition coefficient (Wildman–Crippen LogP) is 11.3. The molecule has 0 aliphatic carbocycles. The van der Waals surface area contributed by atoms with Crippen LogP contribution in [0.3, 0.4) is 0 Å². The Kier molecular flexibility index (Phi) is 4.45. The van der Waals surface area contributed by atoms with Crippen LogP contribution < -0.4 is 4.90 Å². The molecule has 0 atom stereocenters. The largest absolute Gasteiger partial charge is 0.455 e. The fourth-order valence-electron chi connectivity index (χ4n) is 7.31. The van der Waals surface area contributed by atoms with Gasteiger partial charge < -0.3 is 13.9 Å². The molecule has 0 unspecified atom stereocenters. The first-order valence-corrected chi connectivity index (χ1v) is 14.7. The number of hydrogen-bond acceptors (Lipinski definition) is 2. The average molecular weight is 549 g/mol. The van der Waals surface area contributed by atoms with Crippen LogP contribution in [0.5, 0.6) is 0 Å². The first kappa shape index (κ1) is 22.8. The summed E-state index contributed by atoms with van der Waals surface area (Å²) in [6.07, 6.45) is 0. The molecule has 0 saturated carbocycles. The highest BCUT2D eigenvalue weighted by atomic mass is 16.3. The van der Waals surface area contributed by atoms with Gasteiger partial charge in [-0.3, -0.25) is 0 Å². The summed E-state index contributed by atoms with van der Waals surface area (Å²) in [6, 6.07) is 52.2. The van der Waals surface area contributed by atoms with Gasteiger partial charge >= 0.3 is 0 Å². The number of aromatic nitrogens is 1. The van der Waals surface area contributed by atoms with Crippen molar-refractivity contribution in [2.45, 2.75) is 0 Å². The molecule has 0 N–H and O–H groups in total. The number of hydrogen-bond donors (Lipinski definition) is 0. The van der Waals surface area contributed by atoms with Crippen molar-refractivity contribution in [3.8, 4) is 16.8 Å². The van der Waals surface area contributed by atoms with Gasteiger partial charge in [0.15, 0.2) is 0 Å². The summed E-state index contributed by atoms with van der Waals surface area (Å²) >= 11 is 0. The molecule has 3 heterocycles. The van der Waals surface area contributed by atoms with Crippen LogP contribution in [0.25, 0.3) is 71.3 Å². The van der Waals surface area contributed by atoms with Crippen molar-refractivity contribution in [3.05, 3.63) is 146 Å². The Hall–Kier alpha value is -5.80. The third-order valence-corrected chi connectivity index (χ3v) is 9.07. The molecule has 0 spiro atoms. The maximum Gasteiger partial charge on any atom is 0.143 e. The van der Waals surface area contributed by atoms with Crippen LogP contribution in [-0.2, 0) is 0 Å². The van der Waals surface area contributed by atoms with E-state index in [0.29, 0.717) is 0 Å². The van der Waals surface area contributed by atoms with E-state index in [1.807, 2.05) is 6.07 Å². The number of anilines is 3. The second-order valence-corrected chi connectivity index (χ2v) is 11.3. The Morgan fingerprint density at radius 3 is 2.07 bits per heavy atom. The van der Waals surface area contributed by atoms with Gasteiger partial charge in [0.1, 0.15) is 11.2 Å². The summed E-state index contributed by atoms with van der Waals surface area (Å²) < 4.78 is 9.07. The molecule has 0 bridgehead atoms. The third-order valence-electron chi connectivity index (χ3n) is 9.07. The van der Waals surface area contributed by atoms with Crippen molar-refractivity contribution in [2.24, 2.45) is 0 Å². The minimum Gasteiger partial charge on any atom is -0.455 e. The van der Waals surface area contributed by atoms with Crippen molar-refractivity contribution in [2.75, 3.05) is 4.90 Å². The Morgan fingerprint density at radius 2 is 1.16 bits per heavy atom. The first-order valence-electron chi connectivity index (χ1n) is 14.7. The fourth-order valence-corrected chi connectivity index (χ4v) is 7.31. The van der Waals surface area contributed by atoms with Crippen molar-refractivity contribution in [1.29, 1.82) is 0 Å². The summed E-state index contributed by atoms with van der Waals surface area (Å²) in [4.78, 5) is 2.48. The number of benzene rings is 7. The Morgan fingerprint density at radius 1 is 0.465 bits per heavy atom. The zero-order valence-corrected chi connectivity index (χ0v) is 23.2. The van der Waals surface area contributed by atoms with Gasteiger partial charge in [-0.1, -0.05) is 109 Å². The molecule has 43 heavy (non-hydrogen) atoms. The minimum atomic E-state index is 0.907. The Balaban J connectivity index is 1.43. The quantitative estimate of drug-likeness (QED) is 0.214. The van der Waals surface area contributed by atoms with Crippen LogP contribution in [0, 0.1) is 0 Å². The van der Waals surface area contributed by atoms with E-state index in [9.17, 15) is 0 Å². The first-order chi connectivity index (χ1) is 21.4. The van der Waals surface area contributed by atoms with Crippen LogP contribution in [0.15, 0.2) is 150 Å². The maximum absolute atomic E-state index is 6.60. The van der Waals surface area contributed by atoms with Crippen molar-refractivity contribution < 1.29 is 4.42 Å². The molecule has 2 aromatic heterocycles. The molecule has 1 aliphatic rings. The van der Waals surface area contributed by atoms with E-state index >= 15 is 0 Å². The molecule has 0 amide bonds. The number of nitrogens with zero attached hydrogens (tertiary/aromatic N) is 2. The van der Waals surface area contributed by atoms with E-state index in [4.69, 9.17) is 4.42 Å². The molecular weight excluding hydrogens is 524 g/mol. The van der Waals surface area contributed by atoms with Gasteiger partial charge in [-0.25, -0.2) is 0 Å². The SMILES string of the molecule is c1ccc(N2c3c(-c4cccc5c4oc4ccccc45)cccc3-n3c4ccccc4c4cc5ccccc5c2c43)cc1. The lowest BCUT2D eigenvalue weighted by atomic mass is 9.95. The van der Waals surface area contributed by atoms with Crippen LogP contribution in [0.4, 0.5) is 17.1 Å². The van der Waals surface area contributed by atoms with E-state index < -0.39 is 0 Å². The second-order valence-electron chi connectivity index (χ2n) is 11.3. The van der Waals surface area contributed by atoms with Gasteiger partial charge in [0.2, 0.25) is 0 Å². The van der Waals surface area contributed by atoms with Gasteiger partial charge in [0, 0.05) is 43.7 Å². The molecule has 0 saturated heterocycles. The van der Waals surface area contributed by atoms with Gasteiger partial charge in [-0.15, -0.1) is 0 Å². The summed E-state index contributed by atoms with van der Waals surface area (Å²) in [7, 11) is 0. The van der Waals surface area contributed by atoms with E-state index in [1.165, 1.54) is 38.3 Å². The lowest BCUT2D eigenvalue weighted by Crippen LogP contribution is -2.19. The fraction of sp³-hybridized carbons (Fsp3) is 0. The zero-order chi connectivity index (χ0) is 28.1. The molecule has 9 aromatic rings. The molecule has 1 aliphatic heterocycles. The number of para-hydroxylation sites is 5. The summed E-state index contributed by atoms with van der Waals surface area (Å²) in [5, 5.41) is 7.25. The molecule has 0 fully saturated rings. The van der Waals surface area contributed by atoms with Gasteiger partial charge in [-0.05, 0) is 41.8 Å². The molecule has 0 radical (unpaired) electrons. The van der Waals surface area contributed by atoms with Crippen LogP contribution in [-0.4, -0.2) is 4.57 Å². The summed E-state index contributed by atoms with van der Waals surface area (Å²) in [6.45, 7) is 0. The molecule has 3 nitrogen and oxygen atoms in total. The number of fused-ring (bicyclic) bond motifs is 10. The van der Waals surface area contributed by atoms with Gasteiger partial charge in [0.05, 0.1) is 28.1 Å². The number of furan rings is 1. The molecule has 200 valence electrons. The highest BCUT2D eigenvalue weighted by Crippen LogP contribution is 2.55. The highest BCUT2D eigenvalue weighted by molar-refractivity contribution is 6.25. The summed E-state index contributed by atoms with van der Waals surface area (Å²) in [5.41, 5.74) is 11.1. The average Bonchev–Trinajstić information content (AvgIpc) is 3.62. The smallest absolute Gasteiger partial charge is 0.143 e. The van der Waals surface area contributed by atoms with E-state index in [1.54, 1.807) is 0 Å². The second kappa shape index (κ2) is 8.37. The Bertz CT molecular complexity index is 2570. The lowest BCUT2D eigenvalue weighted by molar-refractivity contribution is 0.670. The summed E-state index contributed by atoms with van der Waals surface area (Å²) in [5.74, 6) is 0. The molecule has 3 heteroatoms. The Labute approximate surface area is 247 Å². The van der Waals surface area contributed by atoms with Gasteiger partial charge in [-0.2, -0.15) is 0 Å². The molecule has 10 rings (SSSR count). The topological polar surface area (TPSA) is 21.3 Å². The minimum absolute atomic E-state index is 0.907. The molecular formula is C40H24N2O. The van der Waals surface area contributed by atoms with E-state index in [2.05, 4.69) is 149 Å². The molecule has 7 aromatic carbocycles. The number of rotatable bonds is 2. The lowest BCUT2D eigenvalue weighted by Gasteiger charge is -2.35. The van der Waals surface area contributed by atoms with Crippen LogP contribution in [0.1, 0.15) is 0 Å². The van der Waals surface area contributed by atoms with Crippen LogP contribution in [0.2, 0.25) is 0 Å². The predicted molar refractivity (Wildman–Crippen MR) is 179 cm³/mol. The van der Waals surface area contributed by atoms with Crippen molar-refractivity contribution in [1.82, 2.24) is 4.57 Å². The van der Waals surface area contributed by atoms with Crippen molar-refractivity contribution >= 4 is 71.6 Å². The normalized spacial score (nSPS) is 12.6. The van der Waals surface area contributed by atoms with Crippen LogP contribution >= 0.6 is 0 Å². The van der Waals surface area contributed by atoms with E-state index in [-0.39, 0.29) is 0 Å². The zero-order valence-electron chi connectivity index (χ0n) is 23.2. The van der Waals surface area contributed by atoms with E-state index in [0.717, 1.165) is 50.1 Å². The highest BCUT2D eigenvalue weighted by Gasteiger charge is 2.33. The van der Waals surface area contributed by atoms with Gasteiger partial charge in [0.25, 0.3) is 0 Å². The van der Waals surface area contributed by atoms with Crippen molar-refractivity contribution in [3.63, 3.8) is 0 Å². The monoisotopic (exact) mass is 548 g/mol. The standard InChI is InChI=1S/C40H24N2O/c1-2-13-26(14-3-1)41-37-30(32-20-10-19-31-29-17-7-9-23-36(29)43-40(31)32)18-11-22-35(37)42-34-21-8-6-16-28(34)33-24-25-12-4-5-15-27(25)38(41)39(33)42/h1-24H. The third kappa shape index (κ3) is 2.98. The maximum atomic E-state index is 6.60.